The average Bonchev–Trinajstić information content (AvgIpc) is 2.75. The summed E-state index contributed by atoms with van der Waals surface area (Å²) in [6.07, 6.45) is 5.82. The molecule has 2 aliphatic rings. The quantitative estimate of drug-likeness (QED) is 0.842. The van der Waals surface area contributed by atoms with Gasteiger partial charge in [0.2, 0.25) is 0 Å². The topological polar surface area (TPSA) is 31.8 Å². The van der Waals surface area contributed by atoms with Crippen molar-refractivity contribution in [1.29, 1.82) is 0 Å². The minimum atomic E-state index is 0.969. The highest BCUT2D eigenvalue weighted by atomic mass is 16.5. The largest absolute Gasteiger partial charge is 0.495 e. The smallest absolute Gasteiger partial charge is 0.142 e. The van der Waals surface area contributed by atoms with Gasteiger partial charge in [0.1, 0.15) is 11.6 Å². The Bertz CT molecular complexity index is 707. The molecular formula is C21H28N4O. The van der Waals surface area contributed by atoms with E-state index in [1.807, 2.05) is 12.3 Å². The molecular weight excluding hydrogens is 324 g/mol. The SMILES string of the molecule is COc1ccc(N2CCCCC2)cc1N1CCN(c2ccccn2)CC1. The van der Waals surface area contributed by atoms with Gasteiger partial charge in [-0.25, -0.2) is 4.98 Å². The van der Waals surface area contributed by atoms with Crippen LogP contribution in [-0.4, -0.2) is 51.4 Å². The second kappa shape index (κ2) is 7.85. The normalized spacial score (nSPS) is 18.1. The molecule has 138 valence electrons. The first-order chi connectivity index (χ1) is 12.8. The summed E-state index contributed by atoms with van der Waals surface area (Å²) in [5.74, 6) is 2.04. The lowest BCUT2D eigenvalue weighted by Gasteiger charge is -2.38. The van der Waals surface area contributed by atoms with Crippen molar-refractivity contribution in [3.8, 4) is 5.75 Å². The van der Waals surface area contributed by atoms with Gasteiger partial charge in [-0.2, -0.15) is 0 Å². The van der Waals surface area contributed by atoms with Crippen LogP contribution in [-0.2, 0) is 0 Å². The maximum Gasteiger partial charge on any atom is 0.142 e. The summed E-state index contributed by atoms with van der Waals surface area (Å²) in [6, 6.07) is 12.8. The fourth-order valence-electron chi connectivity index (χ4n) is 3.99. The average molecular weight is 352 g/mol. The molecule has 0 unspecified atom stereocenters. The minimum absolute atomic E-state index is 0.969. The Hall–Kier alpha value is -2.43. The van der Waals surface area contributed by atoms with Crippen molar-refractivity contribution in [2.24, 2.45) is 0 Å². The van der Waals surface area contributed by atoms with E-state index in [2.05, 4.69) is 50.0 Å². The van der Waals surface area contributed by atoms with Crippen LogP contribution in [0, 0.1) is 0 Å². The summed E-state index contributed by atoms with van der Waals surface area (Å²) in [5.41, 5.74) is 2.55. The summed E-state index contributed by atoms with van der Waals surface area (Å²) in [5, 5.41) is 0. The fraction of sp³-hybridized carbons (Fsp3) is 0.476. The van der Waals surface area contributed by atoms with Crippen LogP contribution >= 0.6 is 0 Å². The zero-order valence-electron chi connectivity index (χ0n) is 15.6. The van der Waals surface area contributed by atoms with Gasteiger partial charge in [-0.3, -0.25) is 0 Å². The zero-order valence-corrected chi connectivity index (χ0v) is 15.6. The van der Waals surface area contributed by atoms with E-state index in [4.69, 9.17) is 4.74 Å². The van der Waals surface area contributed by atoms with Crippen LogP contribution in [0.25, 0.3) is 0 Å². The number of aromatic nitrogens is 1. The Balaban J connectivity index is 1.50. The van der Waals surface area contributed by atoms with Crippen LogP contribution in [0.2, 0.25) is 0 Å². The van der Waals surface area contributed by atoms with E-state index in [1.54, 1.807) is 7.11 Å². The van der Waals surface area contributed by atoms with Crippen molar-refractivity contribution in [2.75, 3.05) is 61.1 Å². The van der Waals surface area contributed by atoms with E-state index < -0.39 is 0 Å². The Morgan fingerprint density at radius 1 is 0.808 bits per heavy atom. The van der Waals surface area contributed by atoms with E-state index in [9.17, 15) is 0 Å². The molecule has 0 amide bonds. The molecule has 0 radical (unpaired) electrons. The van der Waals surface area contributed by atoms with Gasteiger partial charge < -0.3 is 19.4 Å². The third-order valence-electron chi connectivity index (χ3n) is 5.48. The number of hydrogen-bond acceptors (Lipinski definition) is 5. The lowest BCUT2D eigenvalue weighted by atomic mass is 10.1. The summed E-state index contributed by atoms with van der Waals surface area (Å²) >= 11 is 0. The molecule has 0 spiro atoms. The van der Waals surface area contributed by atoms with E-state index in [-0.39, 0.29) is 0 Å². The number of rotatable bonds is 4. The molecule has 0 saturated carbocycles. The van der Waals surface area contributed by atoms with Gasteiger partial charge in [0.05, 0.1) is 12.8 Å². The summed E-state index contributed by atoms with van der Waals surface area (Å²) in [4.78, 5) is 11.8. The van der Waals surface area contributed by atoms with Gasteiger partial charge in [0, 0.05) is 51.2 Å². The number of nitrogens with zero attached hydrogens (tertiary/aromatic N) is 4. The number of hydrogen-bond donors (Lipinski definition) is 0. The van der Waals surface area contributed by atoms with E-state index in [0.717, 1.165) is 37.7 Å². The molecule has 2 aromatic rings. The highest BCUT2D eigenvalue weighted by Crippen LogP contribution is 2.34. The van der Waals surface area contributed by atoms with Gasteiger partial charge in [-0.1, -0.05) is 6.07 Å². The molecule has 5 nitrogen and oxygen atoms in total. The zero-order chi connectivity index (χ0) is 17.8. The molecule has 4 rings (SSSR count). The van der Waals surface area contributed by atoms with Crippen molar-refractivity contribution in [1.82, 2.24) is 4.98 Å². The Morgan fingerprint density at radius 3 is 2.27 bits per heavy atom. The molecule has 0 bridgehead atoms. The highest BCUT2D eigenvalue weighted by molar-refractivity contribution is 5.67. The Kier molecular flexibility index (Phi) is 5.14. The molecule has 2 fully saturated rings. The van der Waals surface area contributed by atoms with Crippen LogP contribution in [0.1, 0.15) is 19.3 Å². The number of methoxy groups -OCH3 is 1. The number of piperidine rings is 1. The number of piperazine rings is 1. The molecule has 5 heteroatoms. The Morgan fingerprint density at radius 2 is 1.58 bits per heavy atom. The minimum Gasteiger partial charge on any atom is -0.495 e. The summed E-state index contributed by atoms with van der Waals surface area (Å²) in [7, 11) is 1.77. The maximum absolute atomic E-state index is 5.67. The van der Waals surface area contributed by atoms with Crippen LogP contribution in [0.5, 0.6) is 5.75 Å². The van der Waals surface area contributed by atoms with Crippen molar-refractivity contribution in [3.63, 3.8) is 0 Å². The van der Waals surface area contributed by atoms with Gasteiger partial charge in [0.25, 0.3) is 0 Å². The predicted octanol–water partition coefficient (Wildman–Crippen LogP) is 3.41. The maximum atomic E-state index is 5.67. The predicted molar refractivity (Wildman–Crippen MR) is 108 cm³/mol. The third kappa shape index (κ3) is 3.57. The first kappa shape index (κ1) is 17.0. The van der Waals surface area contributed by atoms with E-state index in [0.29, 0.717) is 0 Å². The van der Waals surface area contributed by atoms with Crippen molar-refractivity contribution in [3.05, 3.63) is 42.6 Å². The monoisotopic (exact) mass is 352 g/mol. The van der Waals surface area contributed by atoms with Crippen molar-refractivity contribution >= 4 is 17.2 Å². The second-order valence-corrected chi connectivity index (χ2v) is 7.07. The van der Waals surface area contributed by atoms with Crippen LogP contribution in [0.15, 0.2) is 42.6 Å². The summed E-state index contributed by atoms with van der Waals surface area (Å²) < 4.78 is 5.67. The van der Waals surface area contributed by atoms with E-state index in [1.165, 1.54) is 43.7 Å². The van der Waals surface area contributed by atoms with Crippen LogP contribution in [0.4, 0.5) is 17.2 Å². The molecule has 2 aliphatic heterocycles. The van der Waals surface area contributed by atoms with Gasteiger partial charge in [-0.15, -0.1) is 0 Å². The molecule has 0 aliphatic carbocycles. The van der Waals surface area contributed by atoms with Crippen LogP contribution in [0.3, 0.4) is 0 Å². The van der Waals surface area contributed by atoms with Crippen molar-refractivity contribution in [2.45, 2.75) is 19.3 Å². The van der Waals surface area contributed by atoms with Crippen molar-refractivity contribution < 1.29 is 4.74 Å². The van der Waals surface area contributed by atoms with Gasteiger partial charge in [0.15, 0.2) is 0 Å². The molecule has 26 heavy (non-hydrogen) atoms. The lowest BCUT2D eigenvalue weighted by Crippen LogP contribution is -2.47. The number of ether oxygens (including phenoxy) is 1. The fourth-order valence-corrected chi connectivity index (χ4v) is 3.99. The molecule has 3 heterocycles. The number of anilines is 3. The van der Waals surface area contributed by atoms with Crippen LogP contribution < -0.4 is 19.4 Å². The van der Waals surface area contributed by atoms with Gasteiger partial charge in [-0.05, 0) is 49.6 Å². The first-order valence-corrected chi connectivity index (χ1v) is 9.69. The molecule has 2 saturated heterocycles. The number of pyridine rings is 1. The highest BCUT2D eigenvalue weighted by Gasteiger charge is 2.22. The Labute approximate surface area is 156 Å². The second-order valence-electron chi connectivity index (χ2n) is 7.07. The molecule has 0 N–H and O–H groups in total. The van der Waals surface area contributed by atoms with E-state index >= 15 is 0 Å². The van der Waals surface area contributed by atoms with Gasteiger partial charge >= 0.3 is 0 Å². The third-order valence-corrected chi connectivity index (χ3v) is 5.48. The number of benzene rings is 1. The standard InChI is InChI=1S/C21H28N4O/c1-26-20-9-8-18(23-11-5-2-6-12-23)17-19(20)24-13-15-25(16-14-24)21-7-3-4-10-22-21/h3-4,7-10,17H,2,5-6,11-16H2,1H3. The molecule has 1 aromatic carbocycles. The molecule has 1 aromatic heterocycles. The first-order valence-electron chi connectivity index (χ1n) is 9.69. The molecule has 0 atom stereocenters. The lowest BCUT2D eigenvalue weighted by molar-refractivity contribution is 0.413. The summed E-state index contributed by atoms with van der Waals surface area (Å²) in [6.45, 7) is 6.26.